The van der Waals surface area contributed by atoms with Gasteiger partial charge in [0.2, 0.25) is 12.3 Å². The Kier molecular flexibility index (Phi) is 3.79. The molecular weight excluding hydrogens is 232 g/mol. The monoisotopic (exact) mass is 246 g/mol. The van der Waals surface area contributed by atoms with Gasteiger partial charge in [-0.3, -0.25) is 14.4 Å². The Bertz CT molecular complexity index is 319. The Hall–Kier alpha value is -1.24. The molecule has 6 nitrogen and oxygen atoms in total. The summed E-state index contributed by atoms with van der Waals surface area (Å²) in [6.07, 6.45) is 0.630. The molecule has 0 aromatic rings. The highest BCUT2D eigenvalue weighted by atomic mass is 32.2. The molecule has 0 aliphatic carbocycles. The van der Waals surface area contributed by atoms with Crippen LogP contribution in [0.15, 0.2) is 0 Å². The molecule has 0 unspecified atom stereocenters. The van der Waals surface area contributed by atoms with E-state index in [-0.39, 0.29) is 0 Å². The molecular formula is C9H14N2O4S. The van der Waals surface area contributed by atoms with E-state index in [0.29, 0.717) is 12.2 Å². The van der Waals surface area contributed by atoms with Crippen molar-refractivity contribution in [1.29, 1.82) is 0 Å². The summed E-state index contributed by atoms with van der Waals surface area (Å²) in [6.45, 7) is 3.26. The SMILES string of the molecule is CC1(C)SC[C@@H](C(=O)NCC(=O)O)N1C=O. The van der Waals surface area contributed by atoms with E-state index in [1.165, 1.54) is 16.7 Å². The number of nitrogens with one attached hydrogen (secondary N) is 1. The van der Waals surface area contributed by atoms with Crippen molar-refractivity contribution in [3.8, 4) is 0 Å². The van der Waals surface area contributed by atoms with E-state index in [0.717, 1.165) is 0 Å². The lowest BCUT2D eigenvalue weighted by Crippen LogP contribution is -2.50. The van der Waals surface area contributed by atoms with Crippen LogP contribution in [0.4, 0.5) is 0 Å². The summed E-state index contributed by atoms with van der Waals surface area (Å²) < 4.78 is 0. The summed E-state index contributed by atoms with van der Waals surface area (Å²) in [4.78, 5) is 33.8. The van der Waals surface area contributed by atoms with Crippen LogP contribution in [0.1, 0.15) is 13.8 Å². The van der Waals surface area contributed by atoms with Gasteiger partial charge in [0.1, 0.15) is 12.6 Å². The Morgan fingerprint density at radius 3 is 2.75 bits per heavy atom. The number of nitrogens with zero attached hydrogens (tertiary/aromatic N) is 1. The fraction of sp³-hybridized carbons (Fsp3) is 0.667. The summed E-state index contributed by atoms with van der Waals surface area (Å²) in [5, 5.41) is 10.7. The summed E-state index contributed by atoms with van der Waals surface area (Å²) in [5.41, 5.74) is 0. The van der Waals surface area contributed by atoms with Crippen LogP contribution in [0.5, 0.6) is 0 Å². The van der Waals surface area contributed by atoms with Crippen LogP contribution in [0.2, 0.25) is 0 Å². The minimum Gasteiger partial charge on any atom is -0.480 e. The number of amides is 2. The summed E-state index contributed by atoms with van der Waals surface area (Å²) in [6, 6.07) is -0.586. The minimum absolute atomic E-state index is 0.423. The number of thioether (sulfide) groups is 1. The van der Waals surface area contributed by atoms with Crippen molar-refractivity contribution in [3.63, 3.8) is 0 Å². The zero-order chi connectivity index (χ0) is 12.3. The fourth-order valence-corrected chi connectivity index (χ4v) is 2.69. The Labute approximate surface area is 97.4 Å². The smallest absolute Gasteiger partial charge is 0.322 e. The number of carboxylic acid groups (broad SMARTS) is 1. The van der Waals surface area contributed by atoms with Crippen molar-refractivity contribution in [1.82, 2.24) is 10.2 Å². The molecule has 0 aromatic carbocycles. The first kappa shape index (κ1) is 12.8. The van der Waals surface area contributed by atoms with Crippen molar-refractivity contribution in [2.45, 2.75) is 24.8 Å². The largest absolute Gasteiger partial charge is 0.480 e. The zero-order valence-corrected chi connectivity index (χ0v) is 9.91. The molecule has 0 spiro atoms. The van der Waals surface area contributed by atoms with Crippen LogP contribution in [-0.2, 0) is 14.4 Å². The van der Waals surface area contributed by atoms with Gasteiger partial charge in [0.05, 0.1) is 4.87 Å². The summed E-state index contributed by atoms with van der Waals surface area (Å²) in [7, 11) is 0. The lowest BCUT2D eigenvalue weighted by Gasteiger charge is -2.30. The molecule has 7 heteroatoms. The van der Waals surface area contributed by atoms with E-state index in [4.69, 9.17) is 5.11 Å². The number of carbonyl (C=O) groups excluding carboxylic acids is 2. The average molecular weight is 246 g/mol. The first-order valence-corrected chi connectivity index (χ1v) is 5.74. The van der Waals surface area contributed by atoms with Gasteiger partial charge >= 0.3 is 5.97 Å². The maximum atomic E-state index is 11.6. The molecule has 1 atom stereocenters. The second kappa shape index (κ2) is 4.73. The van der Waals surface area contributed by atoms with E-state index in [9.17, 15) is 14.4 Å². The first-order valence-electron chi connectivity index (χ1n) is 4.75. The van der Waals surface area contributed by atoms with Gasteiger partial charge in [0.15, 0.2) is 0 Å². The van der Waals surface area contributed by atoms with Gasteiger partial charge in [-0.05, 0) is 13.8 Å². The van der Waals surface area contributed by atoms with Gasteiger partial charge in [-0.15, -0.1) is 11.8 Å². The highest BCUT2D eigenvalue weighted by molar-refractivity contribution is 8.00. The van der Waals surface area contributed by atoms with E-state index in [1.807, 2.05) is 13.8 Å². The lowest BCUT2D eigenvalue weighted by atomic mass is 10.2. The Morgan fingerprint density at radius 2 is 2.25 bits per heavy atom. The van der Waals surface area contributed by atoms with Crippen LogP contribution in [0.25, 0.3) is 0 Å². The normalized spacial score (nSPS) is 22.9. The minimum atomic E-state index is -1.10. The molecule has 0 bridgehead atoms. The molecule has 0 aromatic heterocycles. The molecule has 1 aliphatic rings. The number of hydrogen-bond acceptors (Lipinski definition) is 4. The van der Waals surface area contributed by atoms with Crippen molar-refractivity contribution in [2.75, 3.05) is 12.3 Å². The molecule has 1 heterocycles. The standard InChI is InChI=1S/C9H14N2O4S/c1-9(2)11(5-12)6(4-16-9)8(15)10-3-7(13)14/h5-6H,3-4H2,1-2H3,(H,10,15)(H,13,14)/t6-/m0/s1. The van der Waals surface area contributed by atoms with Gasteiger partial charge < -0.3 is 15.3 Å². The van der Waals surface area contributed by atoms with Crippen molar-refractivity contribution >= 4 is 30.0 Å². The molecule has 0 radical (unpaired) electrons. The van der Waals surface area contributed by atoms with E-state index >= 15 is 0 Å². The van der Waals surface area contributed by atoms with Crippen molar-refractivity contribution < 1.29 is 19.5 Å². The topological polar surface area (TPSA) is 86.7 Å². The number of rotatable bonds is 4. The van der Waals surface area contributed by atoms with Crippen LogP contribution in [0.3, 0.4) is 0 Å². The first-order chi connectivity index (χ1) is 7.38. The molecule has 16 heavy (non-hydrogen) atoms. The summed E-state index contributed by atoms with van der Waals surface area (Å²) in [5.74, 6) is -1.04. The van der Waals surface area contributed by atoms with Crippen LogP contribution >= 0.6 is 11.8 Å². The molecule has 0 saturated carbocycles. The Balaban J connectivity index is 2.63. The molecule has 2 amide bonds. The average Bonchev–Trinajstić information content (AvgIpc) is 2.49. The zero-order valence-electron chi connectivity index (χ0n) is 9.10. The maximum Gasteiger partial charge on any atom is 0.322 e. The third kappa shape index (κ3) is 2.66. The van der Waals surface area contributed by atoms with Crippen molar-refractivity contribution in [2.24, 2.45) is 0 Å². The predicted octanol–water partition coefficient (Wildman–Crippen LogP) is -0.503. The van der Waals surface area contributed by atoms with E-state index in [1.54, 1.807) is 0 Å². The van der Waals surface area contributed by atoms with Gasteiger partial charge in [-0.1, -0.05) is 0 Å². The highest BCUT2D eigenvalue weighted by Gasteiger charge is 2.42. The van der Waals surface area contributed by atoms with Gasteiger partial charge in [-0.2, -0.15) is 0 Å². The van der Waals surface area contributed by atoms with Gasteiger partial charge in [-0.25, -0.2) is 0 Å². The van der Waals surface area contributed by atoms with Crippen LogP contribution < -0.4 is 5.32 Å². The van der Waals surface area contributed by atoms with Crippen LogP contribution in [-0.4, -0.2) is 51.5 Å². The summed E-state index contributed by atoms with van der Waals surface area (Å²) >= 11 is 1.49. The number of carboxylic acids is 1. The Morgan fingerprint density at radius 1 is 1.62 bits per heavy atom. The number of aliphatic carboxylic acids is 1. The quantitative estimate of drug-likeness (QED) is 0.653. The number of carbonyl (C=O) groups is 3. The van der Waals surface area contributed by atoms with Gasteiger partial charge in [0.25, 0.3) is 0 Å². The fourth-order valence-electron chi connectivity index (χ4n) is 1.50. The molecule has 2 N–H and O–H groups in total. The molecule has 1 fully saturated rings. The second-order valence-electron chi connectivity index (χ2n) is 3.90. The van der Waals surface area contributed by atoms with Crippen molar-refractivity contribution in [3.05, 3.63) is 0 Å². The third-order valence-corrected chi connectivity index (χ3v) is 3.78. The molecule has 1 saturated heterocycles. The second-order valence-corrected chi connectivity index (χ2v) is 5.52. The van der Waals surface area contributed by atoms with Gasteiger partial charge in [0, 0.05) is 5.75 Å². The maximum absolute atomic E-state index is 11.6. The molecule has 90 valence electrons. The van der Waals surface area contributed by atoms with E-state index < -0.39 is 29.3 Å². The third-order valence-electron chi connectivity index (χ3n) is 2.38. The lowest BCUT2D eigenvalue weighted by molar-refractivity contribution is -0.139. The highest BCUT2D eigenvalue weighted by Crippen LogP contribution is 2.37. The predicted molar refractivity (Wildman–Crippen MR) is 58.9 cm³/mol. The van der Waals surface area contributed by atoms with E-state index in [2.05, 4.69) is 5.32 Å². The number of hydrogen-bond donors (Lipinski definition) is 2. The molecule has 1 aliphatic heterocycles. The van der Waals surface area contributed by atoms with Crippen LogP contribution in [0, 0.1) is 0 Å². The molecule has 1 rings (SSSR count).